The van der Waals surface area contributed by atoms with E-state index in [0.717, 1.165) is 0 Å². The number of hydrogen-bond acceptors (Lipinski definition) is 7. The standard InChI is InChI=1S/C26H27F3N2O7/c1-15-2-3-16(10-18(15)27)35-13-22(33)30-24-6-8-25(9-7-24,21(32)12-24)31-23(34)14-36-17-4-5-19-20(11-17)38-26(28,29)37-19/h2-5,10-11,21,32H,6-9,12-14H2,1H3,(H,30,33)(H,31,34). The summed E-state index contributed by atoms with van der Waals surface area (Å²) in [4.78, 5) is 25.2. The minimum Gasteiger partial charge on any atom is -0.484 e. The van der Waals surface area contributed by atoms with E-state index in [1.54, 1.807) is 19.1 Å². The first-order valence-electron chi connectivity index (χ1n) is 12.2. The number of aliphatic hydroxyl groups is 1. The van der Waals surface area contributed by atoms with Crippen molar-refractivity contribution in [3.05, 3.63) is 47.8 Å². The minimum atomic E-state index is -3.75. The number of ether oxygens (including phenoxy) is 4. The molecule has 2 aromatic rings. The van der Waals surface area contributed by atoms with E-state index in [1.165, 1.54) is 24.3 Å². The van der Waals surface area contributed by atoms with Crippen LogP contribution in [0.25, 0.3) is 0 Å². The lowest BCUT2D eigenvalue weighted by atomic mass is 9.60. The summed E-state index contributed by atoms with van der Waals surface area (Å²) in [6.07, 6.45) is -2.48. The molecule has 1 aliphatic heterocycles. The van der Waals surface area contributed by atoms with Crippen molar-refractivity contribution in [1.29, 1.82) is 0 Å². The third-order valence-electron chi connectivity index (χ3n) is 7.37. The van der Waals surface area contributed by atoms with E-state index in [0.29, 0.717) is 31.2 Å². The van der Waals surface area contributed by atoms with Crippen molar-refractivity contribution in [2.75, 3.05) is 13.2 Å². The number of halogens is 3. The molecule has 1 atom stereocenters. The Morgan fingerprint density at radius 2 is 1.55 bits per heavy atom. The number of amides is 2. The van der Waals surface area contributed by atoms with Gasteiger partial charge < -0.3 is 34.7 Å². The Kier molecular flexibility index (Phi) is 6.54. The molecule has 1 unspecified atom stereocenters. The highest BCUT2D eigenvalue weighted by Crippen LogP contribution is 2.47. The van der Waals surface area contributed by atoms with Crippen LogP contribution in [0.4, 0.5) is 13.2 Å². The van der Waals surface area contributed by atoms with E-state index >= 15 is 0 Å². The number of fused-ring (bicyclic) bond motifs is 4. The van der Waals surface area contributed by atoms with Crippen LogP contribution < -0.4 is 29.6 Å². The molecule has 0 radical (unpaired) electrons. The zero-order valence-corrected chi connectivity index (χ0v) is 20.5. The van der Waals surface area contributed by atoms with Crippen LogP contribution in [0, 0.1) is 12.7 Å². The first-order chi connectivity index (χ1) is 18.0. The number of aliphatic hydroxyl groups excluding tert-OH is 1. The fraction of sp³-hybridized carbons (Fsp3) is 0.462. The summed E-state index contributed by atoms with van der Waals surface area (Å²) in [6.45, 7) is 0.934. The Morgan fingerprint density at radius 3 is 2.21 bits per heavy atom. The third-order valence-corrected chi connectivity index (χ3v) is 7.37. The summed E-state index contributed by atoms with van der Waals surface area (Å²) in [6, 6.07) is 8.20. The van der Waals surface area contributed by atoms with E-state index in [2.05, 4.69) is 20.1 Å². The number of carbonyl (C=O) groups is 2. The predicted octanol–water partition coefficient (Wildman–Crippen LogP) is 2.96. The smallest absolute Gasteiger partial charge is 0.484 e. The highest BCUT2D eigenvalue weighted by atomic mass is 19.3. The van der Waals surface area contributed by atoms with Crippen LogP contribution in [-0.4, -0.2) is 53.6 Å². The van der Waals surface area contributed by atoms with Gasteiger partial charge >= 0.3 is 6.29 Å². The lowest BCUT2D eigenvalue weighted by Gasteiger charge is -2.56. The minimum absolute atomic E-state index is 0.135. The van der Waals surface area contributed by atoms with Crippen LogP contribution in [0.15, 0.2) is 36.4 Å². The Balaban J connectivity index is 1.11. The van der Waals surface area contributed by atoms with E-state index in [9.17, 15) is 27.9 Å². The number of benzene rings is 2. The first kappa shape index (κ1) is 26.0. The maximum Gasteiger partial charge on any atom is 0.586 e. The quantitative estimate of drug-likeness (QED) is 0.475. The van der Waals surface area contributed by atoms with Gasteiger partial charge in [-0.3, -0.25) is 9.59 Å². The van der Waals surface area contributed by atoms with Crippen molar-refractivity contribution in [1.82, 2.24) is 10.6 Å². The maximum atomic E-state index is 13.7. The van der Waals surface area contributed by atoms with E-state index < -0.39 is 41.8 Å². The van der Waals surface area contributed by atoms with E-state index in [1.807, 2.05) is 0 Å². The Hall–Kier alpha value is -3.67. The van der Waals surface area contributed by atoms with E-state index in [4.69, 9.17) is 9.47 Å². The molecule has 3 fully saturated rings. The van der Waals surface area contributed by atoms with Crippen molar-refractivity contribution < 1.29 is 46.8 Å². The number of carbonyl (C=O) groups excluding carboxylic acids is 2. The molecule has 2 bridgehead atoms. The number of alkyl halides is 2. The van der Waals surface area contributed by atoms with Gasteiger partial charge in [0.2, 0.25) is 0 Å². The number of aryl methyl sites for hydroxylation is 1. The molecular formula is C26H27F3N2O7. The molecule has 3 saturated carbocycles. The second kappa shape index (κ2) is 9.57. The topological polar surface area (TPSA) is 115 Å². The molecule has 3 aliphatic carbocycles. The van der Waals surface area contributed by atoms with Gasteiger partial charge in [0, 0.05) is 17.7 Å². The summed E-state index contributed by atoms with van der Waals surface area (Å²) in [7, 11) is 0. The van der Waals surface area contributed by atoms with Crippen LogP contribution in [0.3, 0.4) is 0 Å². The van der Waals surface area contributed by atoms with Gasteiger partial charge in [0.1, 0.15) is 17.3 Å². The molecule has 0 aromatic heterocycles. The van der Waals surface area contributed by atoms with Gasteiger partial charge in [-0.05, 0) is 62.8 Å². The molecule has 3 N–H and O–H groups in total. The molecule has 4 aliphatic rings. The second-order valence-electron chi connectivity index (χ2n) is 10.0. The summed E-state index contributed by atoms with van der Waals surface area (Å²) >= 11 is 0. The Labute approximate surface area is 216 Å². The average Bonchev–Trinajstić information content (AvgIpc) is 3.17. The maximum absolute atomic E-state index is 13.7. The lowest BCUT2D eigenvalue weighted by molar-refractivity contribution is -0.286. The Morgan fingerprint density at radius 1 is 0.947 bits per heavy atom. The highest BCUT2D eigenvalue weighted by Gasteiger charge is 2.55. The molecule has 2 aromatic carbocycles. The third kappa shape index (κ3) is 5.31. The molecule has 2 amide bonds. The van der Waals surface area contributed by atoms with Crippen molar-refractivity contribution >= 4 is 11.8 Å². The first-order valence-corrected chi connectivity index (χ1v) is 12.2. The molecule has 12 heteroatoms. The van der Waals surface area contributed by atoms with Crippen molar-refractivity contribution in [2.24, 2.45) is 0 Å². The summed E-state index contributed by atoms with van der Waals surface area (Å²) in [5, 5.41) is 16.7. The predicted molar refractivity (Wildman–Crippen MR) is 126 cm³/mol. The fourth-order valence-corrected chi connectivity index (χ4v) is 5.29. The largest absolute Gasteiger partial charge is 0.586 e. The molecule has 6 rings (SSSR count). The monoisotopic (exact) mass is 536 g/mol. The molecule has 0 saturated heterocycles. The SMILES string of the molecule is Cc1ccc(OCC(=O)NC23CCC(NC(=O)COc4ccc5c(c4)OC(F)(F)O5)(CC2)C(O)C3)cc1F. The zero-order valence-electron chi connectivity index (χ0n) is 20.5. The van der Waals surface area contributed by atoms with Crippen LogP contribution >= 0.6 is 0 Å². The molecule has 204 valence electrons. The van der Waals surface area contributed by atoms with Gasteiger partial charge in [-0.15, -0.1) is 8.78 Å². The van der Waals surface area contributed by atoms with Gasteiger partial charge in [-0.2, -0.15) is 0 Å². The number of nitrogens with one attached hydrogen (secondary N) is 2. The van der Waals surface area contributed by atoms with Crippen LogP contribution in [0.2, 0.25) is 0 Å². The van der Waals surface area contributed by atoms with Crippen molar-refractivity contribution in [3.8, 4) is 23.0 Å². The summed E-state index contributed by atoms with van der Waals surface area (Å²) in [5.74, 6) is -1.23. The van der Waals surface area contributed by atoms with Gasteiger partial charge in [0.15, 0.2) is 24.7 Å². The zero-order chi connectivity index (χ0) is 27.1. The van der Waals surface area contributed by atoms with Gasteiger partial charge in [-0.25, -0.2) is 4.39 Å². The summed E-state index contributed by atoms with van der Waals surface area (Å²) in [5.41, 5.74) is -1.02. The molecule has 38 heavy (non-hydrogen) atoms. The van der Waals surface area contributed by atoms with Crippen LogP contribution in [-0.2, 0) is 9.59 Å². The van der Waals surface area contributed by atoms with Crippen LogP contribution in [0.5, 0.6) is 23.0 Å². The molecule has 9 nitrogen and oxygen atoms in total. The van der Waals surface area contributed by atoms with Crippen LogP contribution in [0.1, 0.15) is 37.7 Å². The van der Waals surface area contributed by atoms with Crippen molar-refractivity contribution in [2.45, 2.75) is 62.5 Å². The average molecular weight is 537 g/mol. The van der Waals surface area contributed by atoms with Gasteiger partial charge in [0.25, 0.3) is 11.8 Å². The second-order valence-corrected chi connectivity index (χ2v) is 10.0. The molecule has 0 spiro atoms. The highest BCUT2D eigenvalue weighted by molar-refractivity contribution is 5.79. The lowest BCUT2D eigenvalue weighted by Crippen LogP contribution is -2.70. The fourth-order valence-electron chi connectivity index (χ4n) is 5.29. The number of hydrogen-bond donors (Lipinski definition) is 3. The van der Waals surface area contributed by atoms with Crippen molar-refractivity contribution in [3.63, 3.8) is 0 Å². The Bertz CT molecular complexity index is 1250. The van der Waals surface area contributed by atoms with E-state index in [-0.39, 0.29) is 41.9 Å². The van der Waals surface area contributed by atoms with Gasteiger partial charge in [-0.1, -0.05) is 6.07 Å². The molecular weight excluding hydrogens is 509 g/mol. The van der Waals surface area contributed by atoms with Gasteiger partial charge in [0.05, 0.1) is 11.6 Å². The number of rotatable bonds is 8. The molecule has 1 heterocycles. The summed E-state index contributed by atoms with van der Waals surface area (Å²) < 4.78 is 59.6. The normalized spacial score (nSPS) is 26.5.